The van der Waals surface area contributed by atoms with E-state index in [1.54, 1.807) is 0 Å². The molecular formula is C11H17OP. The first kappa shape index (κ1) is 10.5. The van der Waals surface area contributed by atoms with Gasteiger partial charge in [-0.1, -0.05) is 26.0 Å². The summed E-state index contributed by atoms with van der Waals surface area (Å²) in [7, 11) is 0.830. The van der Waals surface area contributed by atoms with E-state index in [0.717, 1.165) is 14.3 Å². The van der Waals surface area contributed by atoms with Crippen molar-refractivity contribution >= 4 is 13.9 Å². The Morgan fingerprint density at radius 2 is 2.00 bits per heavy atom. The van der Waals surface area contributed by atoms with Gasteiger partial charge in [-0.2, -0.15) is 0 Å². The fourth-order valence-corrected chi connectivity index (χ4v) is 2.54. The molecule has 0 fully saturated rings. The van der Waals surface area contributed by atoms with Crippen molar-refractivity contribution in [2.24, 2.45) is 0 Å². The maximum Gasteiger partial charge on any atom is 0.128 e. The summed E-state index contributed by atoms with van der Waals surface area (Å²) in [6.45, 7) is 8.27. The highest BCUT2D eigenvalue weighted by Gasteiger charge is 2.19. The van der Waals surface area contributed by atoms with Crippen molar-refractivity contribution in [2.45, 2.75) is 33.5 Å². The zero-order chi connectivity index (χ0) is 9.84. The van der Waals surface area contributed by atoms with Gasteiger partial charge in [0, 0.05) is 5.30 Å². The van der Waals surface area contributed by atoms with E-state index in [-0.39, 0.29) is 0 Å². The summed E-state index contributed by atoms with van der Waals surface area (Å²) in [5.74, 6) is 1.49. The molecule has 1 nitrogen and oxygen atoms in total. The molecule has 2 unspecified atom stereocenters. The zero-order valence-electron chi connectivity index (χ0n) is 8.72. The molecule has 2 rings (SSSR count). The van der Waals surface area contributed by atoms with E-state index in [2.05, 4.69) is 32.0 Å². The maximum atomic E-state index is 5.60. The maximum absolute atomic E-state index is 5.60. The van der Waals surface area contributed by atoms with Crippen LogP contribution in [0.25, 0.3) is 0 Å². The minimum absolute atomic E-state index is 0.395. The third kappa shape index (κ3) is 2.22. The van der Waals surface area contributed by atoms with Gasteiger partial charge in [-0.25, -0.2) is 0 Å². The average Bonchev–Trinajstić information content (AvgIpc) is 2.51. The van der Waals surface area contributed by atoms with Crippen molar-refractivity contribution in [2.75, 3.05) is 0 Å². The van der Waals surface area contributed by atoms with Crippen molar-refractivity contribution < 1.29 is 4.74 Å². The van der Waals surface area contributed by atoms with Crippen LogP contribution < -0.4 is 10.0 Å². The summed E-state index contributed by atoms with van der Waals surface area (Å²) in [4.78, 5) is 0. The van der Waals surface area contributed by atoms with Gasteiger partial charge >= 0.3 is 0 Å². The van der Waals surface area contributed by atoms with E-state index in [0.29, 0.717) is 5.85 Å². The monoisotopic (exact) mass is 196 g/mol. The topological polar surface area (TPSA) is 9.23 Å². The van der Waals surface area contributed by atoms with Crippen LogP contribution in [-0.2, 0) is 0 Å². The zero-order valence-corrected chi connectivity index (χ0v) is 9.72. The fourth-order valence-electron chi connectivity index (χ4n) is 1.35. The lowest BCUT2D eigenvalue weighted by atomic mass is 10.2. The molecule has 1 aliphatic heterocycles. The van der Waals surface area contributed by atoms with Gasteiger partial charge in [0.2, 0.25) is 0 Å². The Labute approximate surface area is 82.3 Å². The number of ether oxygens (including phenoxy) is 1. The van der Waals surface area contributed by atoms with Gasteiger partial charge in [-0.3, -0.25) is 0 Å². The van der Waals surface area contributed by atoms with E-state index in [1.807, 2.05) is 13.8 Å². The SMILES string of the molecule is CC.Cc1cccc2c1PC(C)O2. The van der Waals surface area contributed by atoms with E-state index in [4.69, 9.17) is 4.74 Å². The number of hydrogen-bond donors (Lipinski definition) is 0. The first-order valence-corrected chi connectivity index (χ1v) is 5.88. The molecule has 1 aliphatic rings. The second kappa shape index (κ2) is 4.62. The van der Waals surface area contributed by atoms with Gasteiger partial charge in [-0.05, 0) is 34.1 Å². The Kier molecular flexibility index (Phi) is 3.74. The van der Waals surface area contributed by atoms with Crippen LogP contribution in [0.3, 0.4) is 0 Å². The van der Waals surface area contributed by atoms with Crippen LogP contribution in [0, 0.1) is 6.92 Å². The molecule has 0 aliphatic carbocycles. The van der Waals surface area contributed by atoms with Crippen molar-refractivity contribution in [1.82, 2.24) is 0 Å². The highest BCUT2D eigenvalue weighted by Crippen LogP contribution is 2.34. The van der Waals surface area contributed by atoms with Crippen LogP contribution in [0.5, 0.6) is 5.75 Å². The fraction of sp³-hybridized carbons (Fsp3) is 0.455. The Hall–Kier alpha value is -0.550. The molecule has 0 N–H and O–H groups in total. The van der Waals surface area contributed by atoms with Crippen LogP contribution in [-0.4, -0.2) is 5.85 Å². The smallest absolute Gasteiger partial charge is 0.128 e. The van der Waals surface area contributed by atoms with Gasteiger partial charge in [0.25, 0.3) is 0 Å². The Morgan fingerprint density at radius 3 is 2.62 bits per heavy atom. The lowest BCUT2D eigenvalue weighted by Crippen LogP contribution is -1.97. The van der Waals surface area contributed by atoms with Crippen molar-refractivity contribution in [1.29, 1.82) is 0 Å². The van der Waals surface area contributed by atoms with Crippen LogP contribution >= 0.6 is 8.58 Å². The van der Waals surface area contributed by atoms with Gasteiger partial charge in [0.1, 0.15) is 11.6 Å². The third-order valence-corrected chi connectivity index (χ3v) is 3.34. The van der Waals surface area contributed by atoms with Gasteiger partial charge in [0.15, 0.2) is 0 Å². The van der Waals surface area contributed by atoms with E-state index < -0.39 is 0 Å². The van der Waals surface area contributed by atoms with Gasteiger partial charge in [0.05, 0.1) is 0 Å². The summed E-state index contributed by atoms with van der Waals surface area (Å²) >= 11 is 0. The molecule has 1 aromatic carbocycles. The normalized spacial score (nSPS) is 20.2. The van der Waals surface area contributed by atoms with Gasteiger partial charge in [-0.15, -0.1) is 0 Å². The summed E-state index contributed by atoms with van der Waals surface area (Å²) in [5.41, 5.74) is 1.37. The second-order valence-corrected chi connectivity index (χ2v) is 4.45. The molecule has 1 heterocycles. The van der Waals surface area contributed by atoms with E-state index in [9.17, 15) is 0 Å². The Morgan fingerprint density at radius 1 is 1.31 bits per heavy atom. The number of aryl methyl sites for hydroxylation is 1. The highest BCUT2D eigenvalue weighted by atomic mass is 31.1. The quantitative estimate of drug-likeness (QED) is 0.579. The number of rotatable bonds is 0. The largest absolute Gasteiger partial charge is 0.486 e. The molecule has 72 valence electrons. The first-order chi connectivity index (χ1) is 6.27. The molecular weight excluding hydrogens is 179 g/mol. The summed E-state index contributed by atoms with van der Waals surface area (Å²) < 4.78 is 5.60. The predicted molar refractivity (Wildman–Crippen MR) is 60.6 cm³/mol. The minimum atomic E-state index is 0.395. The molecule has 0 aromatic heterocycles. The predicted octanol–water partition coefficient (Wildman–Crippen LogP) is 3.06. The summed E-state index contributed by atoms with van der Waals surface area (Å²) in [5, 5.41) is 1.42. The number of hydrogen-bond acceptors (Lipinski definition) is 1. The molecule has 2 atom stereocenters. The number of fused-ring (bicyclic) bond motifs is 1. The lowest BCUT2D eigenvalue weighted by Gasteiger charge is -2.00. The summed E-state index contributed by atoms with van der Waals surface area (Å²) in [6.07, 6.45) is 0. The van der Waals surface area contributed by atoms with Crippen LogP contribution in [0.4, 0.5) is 0 Å². The average molecular weight is 196 g/mol. The molecule has 13 heavy (non-hydrogen) atoms. The Balaban J connectivity index is 0.000000396. The lowest BCUT2D eigenvalue weighted by molar-refractivity contribution is 0.317. The molecule has 0 amide bonds. The van der Waals surface area contributed by atoms with Crippen LogP contribution in [0.1, 0.15) is 26.3 Å². The molecule has 0 bridgehead atoms. The highest BCUT2D eigenvalue weighted by molar-refractivity contribution is 7.48. The first-order valence-electron chi connectivity index (χ1n) is 4.80. The molecule has 0 radical (unpaired) electrons. The molecule has 1 aromatic rings. The van der Waals surface area contributed by atoms with E-state index >= 15 is 0 Å². The molecule has 0 saturated heterocycles. The van der Waals surface area contributed by atoms with Crippen LogP contribution in [0.2, 0.25) is 0 Å². The second-order valence-electron chi connectivity index (χ2n) is 2.85. The Bertz CT molecular complexity index is 283. The molecule has 0 spiro atoms. The van der Waals surface area contributed by atoms with Crippen molar-refractivity contribution in [3.8, 4) is 5.75 Å². The third-order valence-electron chi connectivity index (χ3n) is 1.89. The molecule has 2 heteroatoms. The standard InChI is InChI=1S/C9H11OP.C2H6/c1-6-4-3-5-8-9(6)11-7(2)10-8;1-2/h3-5,7,11H,1-2H3;1-2H3. The summed E-state index contributed by atoms with van der Waals surface area (Å²) in [6, 6.07) is 6.25. The minimum Gasteiger partial charge on any atom is -0.486 e. The van der Waals surface area contributed by atoms with Crippen molar-refractivity contribution in [3.63, 3.8) is 0 Å². The molecule has 0 saturated carbocycles. The van der Waals surface area contributed by atoms with Crippen molar-refractivity contribution in [3.05, 3.63) is 23.8 Å². The van der Waals surface area contributed by atoms with Crippen LogP contribution in [0.15, 0.2) is 18.2 Å². The van der Waals surface area contributed by atoms with E-state index in [1.165, 1.54) is 10.9 Å². The van der Waals surface area contributed by atoms with Gasteiger partial charge < -0.3 is 4.74 Å². The number of benzene rings is 1.